The third-order valence-electron chi connectivity index (χ3n) is 3.32. The van der Waals surface area contributed by atoms with Crippen molar-refractivity contribution in [2.45, 2.75) is 26.7 Å². The van der Waals surface area contributed by atoms with Gasteiger partial charge < -0.3 is 10.2 Å². The standard InChI is InChI=1S/C17H18O3/c1-11-7-13(3-5-16(11)19)9-15(18)10-14-4-6-17(20)12(2)8-14/h3-8,19-20H,9-10H2,1-2H3. The fourth-order valence-electron chi connectivity index (χ4n) is 2.17. The number of hydrogen-bond acceptors (Lipinski definition) is 3. The molecule has 104 valence electrons. The second kappa shape index (κ2) is 5.78. The Morgan fingerprint density at radius 1 is 0.850 bits per heavy atom. The zero-order valence-electron chi connectivity index (χ0n) is 11.7. The normalized spacial score (nSPS) is 10.5. The summed E-state index contributed by atoms with van der Waals surface area (Å²) in [6, 6.07) is 10.4. The van der Waals surface area contributed by atoms with Crippen LogP contribution in [-0.2, 0) is 17.6 Å². The molecule has 3 nitrogen and oxygen atoms in total. The van der Waals surface area contributed by atoms with Crippen LogP contribution in [0.15, 0.2) is 36.4 Å². The van der Waals surface area contributed by atoms with E-state index in [0.29, 0.717) is 12.8 Å². The number of ketones is 1. The van der Waals surface area contributed by atoms with Gasteiger partial charge in [-0.05, 0) is 48.2 Å². The predicted octanol–water partition coefficient (Wildman–Crippen LogP) is 3.07. The molecule has 0 aliphatic rings. The first-order chi connectivity index (χ1) is 9.45. The molecule has 0 bridgehead atoms. The van der Waals surface area contributed by atoms with Gasteiger partial charge in [-0.1, -0.05) is 24.3 Å². The van der Waals surface area contributed by atoms with Crippen LogP contribution < -0.4 is 0 Å². The molecule has 0 aromatic heterocycles. The van der Waals surface area contributed by atoms with E-state index in [4.69, 9.17) is 0 Å². The Hall–Kier alpha value is -2.29. The van der Waals surface area contributed by atoms with Gasteiger partial charge in [0.2, 0.25) is 0 Å². The van der Waals surface area contributed by atoms with Gasteiger partial charge in [-0.3, -0.25) is 4.79 Å². The molecule has 2 N–H and O–H groups in total. The fraction of sp³-hybridized carbons (Fsp3) is 0.235. The SMILES string of the molecule is Cc1cc(CC(=O)Cc2ccc(O)c(C)c2)ccc1O. The van der Waals surface area contributed by atoms with Crippen molar-refractivity contribution in [2.24, 2.45) is 0 Å². The zero-order chi connectivity index (χ0) is 14.7. The van der Waals surface area contributed by atoms with Crippen molar-refractivity contribution in [3.63, 3.8) is 0 Å². The second-order valence-electron chi connectivity index (χ2n) is 5.13. The number of phenols is 2. The number of phenolic OH excluding ortho intramolecular Hbond substituents is 2. The van der Waals surface area contributed by atoms with Crippen LogP contribution in [0.5, 0.6) is 11.5 Å². The Kier molecular flexibility index (Phi) is 4.08. The summed E-state index contributed by atoms with van der Waals surface area (Å²) in [6.45, 7) is 3.62. The van der Waals surface area contributed by atoms with E-state index in [9.17, 15) is 15.0 Å². The van der Waals surface area contributed by atoms with Crippen LogP contribution in [-0.4, -0.2) is 16.0 Å². The van der Waals surface area contributed by atoms with E-state index in [2.05, 4.69) is 0 Å². The van der Waals surface area contributed by atoms with Gasteiger partial charge in [0.1, 0.15) is 17.3 Å². The van der Waals surface area contributed by atoms with Gasteiger partial charge in [0, 0.05) is 12.8 Å². The van der Waals surface area contributed by atoms with Crippen LogP contribution in [0, 0.1) is 13.8 Å². The molecule has 2 aromatic carbocycles. The Labute approximate surface area is 118 Å². The Balaban J connectivity index is 2.04. The minimum Gasteiger partial charge on any atom is -0.508 e. The summed E-state index contributed by atoms with van der Waals surface area (Å²) in [5.74, 6) is 0.603. The molecule has 0 fully saturated rings. The number of aromatic hydroxyl groups is 2. The van der Waals surface area contributed by atoms with Gasteiger partial charge >= 0.3 is 0 Å². The van der Waals surface area contributed by atoms with Crippen LogP contribution in [0.25, 0.3) is 0 Å². The van der Waals surface area contributed by atoms with Crippen LogP contribution >= 0.6 is 0 Å². The number of carbonyl (C=O) groups excluding carboxylic acids is 1. The summed E-state index contributed by atoms with van der Waals surface area (Å²) in [5.41, 5.74) is 3.35. The number of aryl methyl sites for hydroxylation is 2. The summed E-state index contributed by atoms with van der Waals surface area (Å²) in [4.78, 5) is 12.0. The molecule has 3 heteroatoms. The molecule has 2 rings (SSSR count). The first-order valence-electron chi connectivity index (χ1n) is 6.54. The fourth-order valence-corrected chi connectivity index (χ4v) is 2.17. The minimum absolute atomic E-state index is 0.111. The highest BCUT2D eigenvalue weighted by atomic mass is 16.3. The maximum absolute atomic E-state index is 12.0. The molecule has 0 radical (unpaired) electrons. The molecule has 0 aliphatic carbocycles. The summed E-state index contributed by atoms with van der Waals surface area (Å²) >= 11 is 0. The molecule has 0 saturated carbocycles. The lowest BCUT2D eigenvalue weighted by atomic mass is 10.00. The molecule has 0 spiro atoms. The van der Waals surface area contributed by atoms with Crippen LogP contribution in [0.2, 0.25) is 0 Å². The molecule has 0 amide bonds. The molecular formula is C17H18O3. The molecule has 0 aliphatic heterocycles. The Bertz CT molecular complexity index is 589. The van der Waals surface area contributed by atoms with Gasteiger partial charge in [0.05, 0.1) is 0 Å². The van der Waals surface area contributed by atoms with Crippen LogP contribution in [0.1, 0.15) is 22.3 Å². The van der Waals surface area contributed by atoms with Gasteiger partial charge in [0.15, 0.2) is 0 Å². The molecule has 0 atom stereocenters. The number of benzene rings is 2. The largest absolute Gasteiger partial charge is 0.508 e. The van der Waals surface area contributed by atoms with Crippen molar-refractivity contribution in [3.05, 3.63) is 58.7 Å². The number of hydrogen-bond donors (Lipinski definition) is 2. The number of carbonyl (C=O) groups is 1. The smallest absolute Gasteiger partial charge is 0.141 e. The summed E-state index contributed by atoms with van der Waals surface area (Å²) in [7, 11) is 0. The Morgan fingerprint density at radius 3 is 1.60 bits per heavy atom. The summed E-state index contributed by atoms with van der Waals surface area (Å²) in [5, 5.41) is 18.9. The van der Waals surface area contributed by atoms with Crippen LogP contribution in [0.3, 0.4) is 0 Å². The first-order valence-corrected chi connectivity index (χ1v) is 6.54. The van der Waals surface area contributed by atoms with Gasteiger partial charge in [-0.15, -0.1) is 0 Å². The van der Waals surface area contributed by atoms with Crippen molar-refractivity contribution in [1.29, 1.82) is 0 Å². The van der Waals surface area contributed by atoms with E-state index in [1.807, 2.05) is 26.0 Å². The molecular weight excluding hydrogens is 252 g/mol. The molecule has 0 saturated heterocycles. The zero-order valence-corrected chi connectivity index (χ0v) is 11.7. The number of rotatable bonds is 4. The highest BCUT2D eigenvalue weighted by Gasteiger charge is 2.08. The van der Waals surface area contributed by atoms with Crippen LogP contribution in [0.4, 0.5) is 0 Å². The Morgan fingerprint density at radius 2 is 1.25 bits per heavy atom. The summed E-state index contributed by atoms with van der Waals surface area (Å²) in [6.07, 6.45) is 0.697. The molecule has 2 aromatic rings. The lowest BCUT2D eigenvalue weighted by Crippen LogP contribution is -2.06. The average molecular weight is 270 g/mol. The van der Waals surface area contributed by atoms with E-state index in [-0.39, 0.29) is 17.3 Å². The second-order valence-corrected chi connectivity index (χ2v) is 5.13. The van der Waals surface area contributed by atoms with E-state index >= 15 is 0 Å². The van der Waals surface area contributed by atoms with E-state index < -0.39 is 0 Å². The van der Waals surface area contributed by atoms with Gasteiger partial charge in [-0.2, -0.15) is 0 Å². The maximum Gasteiger partial charge on any atom is 0.141 e. The quantitative estimate of drug-likeness (QED) is 0.897. The first kappa shape index (κ1) is 14.1. The third-order valence-corrected chi connectivity index (χ3v) is 3.32. The predicted molar refractivity (Wildman–Crippen MR) is 78.1 cm³/mol. The highest BCUT2D eigenvalue weighted by Crippen LogP contribution is 2.19. The monoisotopic (exact) mass is 270 g/mol. The van der Waals surface area contributed by atoms with Gasteiger partial charge in [0.25, 0.3) is 0 Å². The molecule has 20 heavy (non-hydrogen) atoms. The highest BCUT2D eigenvalue weighted by molar-refractivity contribution is 5.83. The number of Topliss-reactive ketones (excluding diaryl/α,β-unsaturated/α-hetero) is 1. The van der Waals surface area contributed by atoms with Gasteiger partial charge in [-0.25, -0.2) is 0 Å². The van der Waals surface area contributed by atoms with Crippen molar-refractivity contribution < 1.29 is 15.0 Å². The van der Waals surface area contributed by atoms with Crippen molar-refractivity contribution in [2.75, 3.05) is 0 Å². The maximum atomic E-state index is 12.0. The van der Waals surface area contributed by atoms with E-state index in [1.165, 1.54) is 0 Å². The van der Waals surface area contributed by atoms with Crippen molar-refractivity contribution in [3.8, 4) is 11.5 Å². The van der Waals surface area contributed by atoms with Crippen molar-refractivity contribution in [1.82, 2.24) is 0 Å². The lowest BCUT2D eigenvalue weighted by Gasteiger charge is -2.06. The van der Waals surface area contributed by atoms with E-state index in [0.717, 1.165) is 22.3 Å². The minimum atomic E-state index is 0.111. The molecule has 0 unspecified atom stereocenters. The molecule has 0 heterocycles. The third kappa shape index (κ3) is 3.38. The van der Waals surface area contributed by atoms with E-state index in [1.54, 1.807) is 24.3 Å². The summed E-state index contributed by atoms with van der Waals surface area (Å²) < 4.78 is 0. The lowest BCUT2D eigenvalue weighted by molar-refractivity contribution is -0.117. The van der Waals surface area contributed by atoms with Crippen molar-refractivity contribution >= 4 is 5.78 Å². The topological polar surface area (TPSA) is 57.5 Å². The average Bonchev–Trinajstić information content (AvgIpc) is 2.38.